The fourth-order valence-corrected chi connectivity index (χ4v) is 5.35. The van der Waals surface area contributed by atoms with Crippen molar-refractivity contribution < 1.29 is 27.1 Å². The standard InChI is InChI=1S/C22H25FN2O5S/c1-14-7-9-17(31(28,29)25-11-5-4-6-15(25)2)13-18(14)21(26)24-20-12-16(22(27)30-3)8-10-19(20)23/h7-10,12-13,15H,4-6,11H2,1-3H3,(H,24,26). The number of piperidine rings is 1. The van der Waals surface area contributed by atoms with Gasteiger partial charge in [0.05, 0.1) is 23.3 Å². The number of anilines is 1. The average Bonchev–Trinajstić information content (AvgIpc) is 2.75. The van der Waals surface area contributed by atoms with Crippen molar-refractivity contribution >= 4 is 27.6 Å². The molecule has 1 heterocycles. The molecule has 3 rings (SSSR count). The van der Waals surface area contributed by atoms with Crippen molar-refractivity contribution in [2.24, 2.45) is 0 Å². The Labute approximate surface area is 181 Å². The number of nitrogens with zero attached hydrogens (tertiary/aromatic N) is 1. The molecule has 0 aromatic heterocycles. The highest BCUT2D eigenvalue weighted by Gasteiger charge is 2.31. The lowest BCUT2D eigenvalue weighted by molar-refractivity contribution is 0.0600. The number of esters is 1. The van der Waals surface area contributed by atoms with Crippen LogP contribution in [0.3, 0.4) is 0 Å². The first kappa shape index (κ1) is 22.9. The summed E-state index contributed by atoms with van der Waals surface area (Å²) in [5, 5.41) is 2.42. The summed E-state index contributed by atoms with van der Waals surface area (Å²) in [7, 11) is -2.57. The van der Waals surface area contributed by atoms with Gasteiger partial charge in [-0.05, 0) is 62.6 Å². The molecule has 0 bridgehead atoms. The van der Waals surface area contributed by atoms with Gasteiger partial charge >= 0.3 is 5.97 Å². The minimum Gasteiger partial charge on any atom is -0.465 e. The molecule has 0 radical (unpaired) electrons. The van der Waals surface area contributed by atoms with E-state index in [2.05, 4.69) is 10.1 Å². The molecule has 1 atom stereocenters. The number of carbonyl (C=O) groups excluding carboxylic acids is 2. The van der Waals surface area contributed by atoms with Crippen LogP contribution in [0.2, 0.25) is 0 Å². The molecule has 7 nitrogen and oxygen atoms in total. The largest absolute Gasteiger partial charge is 0.465 e. The van der Waals surface area contributed by atoms with Gasteiger partial charge in [0.15, 0.2) is 0 Å². The second-order valence-corrected chi connectivity index (χ2v) is 9.47. The van der Waals surface area contributed by atoms with E-state index in [1.807, 2.05) is 6.92 Å². The number of aryl methyl sites for hydroxylation is 1. The zero-order chi connectivity index (χ0) is 22.8. The van der Waals surface area contributed by atoms with Crippen LogP contribution in [-0.2, 0) is 14.8 Å². The van der Waals surface area contributed by atoms with Crippen LogP contribution in [-0.4, -0.2) is 44.3 Å². The Kier molecular flexibility index (Phi) is 6.76. The van der Waals surface area contributed by atoms with E-state index >= 15 is 0 Å². The second-order valence-electron chi connectivity index (χ2n) is 7.58. The Hall–Kier alpha value is -2.78. The van der Waals surface area contributed by atoms with E-state index < -0.39 is 27.7 Å². The number of hydrogen-bond donors (Lipinski definition) is 1. The topological polar surface area (TPSA) is 92.8 Å². The fraction of sp³-hybridized carbons (Fsp3) is 0.364. The van der Waals surface area contributed by atoms with Gasteiger partial charge in [-0.15, -0.1) is 0 Å². The van der Waals surface area contributed by atoms with Gasteiger partial charge in [0, 0.05) is 18.2 Å². The molecule has 1 N–H and O–H groups in total. The number of benzene rings is 2. The molecular formula is C22H25FN2O5S. The number of sulfonamides is 1. The Morgan fingerprint density at radius 2 is 1.90 bits per heavy atom. The first-order valence-electron chi connectivity index (χ1n) is 9.97. The number of hydrogen-bond acceptors (Lipinski definition) is 5. The number of nitrogens with one attached hydrogen (secondary N) is 1. The highest BCUT2D eigenvalue weighted by atomic mass is 32.2. The summed E-state index contributed by atoms with van der Waals surface area (Å²) >= 11 is 0. The molecule has 0 aliphatic carbocycles. The first-order chi connectivity index (χ1) is 14.6. The number of amides is 1. The maximum Gasteiger partial charge on any atom is 0.337 e. The van der Waals surface area contributed by atoms with Crippen LogP contribution in [0.4, 0.5) is 10.1 Å². The highest BCUT2D eigenvalue weighted by molar-refractivity contribution is 7.89. The van der Waals surface area contributed by atoms with Crippen molar-refractivity contribution in [2.75, 3.05) is 19.0 Å². The molecule has 9 heteroatoms. The molecule has 2 aromatic rings. The lowest BCUT2D eigenvalue weighted by Crippen LogP contribution is -2.42. The van der Waals surface area contributed by atoms with E-state index in [9.17, 15) is 22.4 Å². The number of halogens is 1. The number of ether oxygens (including phenoxy) is 1. The minimum atomic E-state index is -3.77. The normalized spacial score (nSPS) is 17.2. The maximum absolute atomic E-state index is 14.2. The highest BCUT2D eigenvalue weighted by Crippen LogP contribution is 2.27. The molecule has 1 fully saturated rings. The fourth-order valence-electron chi connectivity index (χ4n) is 3.63. The third-order valence-electron chi connectivity index (χ3n) is 5.44. The molecular weight excluding hydrogens is 423 g/mol. The predicted octanol–water partition coefficient (Wildman–Crippen LogP) is 3.74. The quantitative estimate of drug-likeness (QED) is 0.704. The molecule has 1 saturated heterocycles. The summed E-state index contributed by atoms with van der Waals surface area (Å²) in [5.74, 6) is -2.08. The third kappa shape index (κ3) is 4.77. The Balaban J connectivity index is 1.92. The molecule has 1 unspecified atom stereocenters. The van der Waals surface area contributed by atoms with Crippen molar-refractivity contribution in [1.29, 1.82) is 0 Å². The van der Waals surface area contributed by atoms with Crippen LogP contribution in [0.5, 0.6) is 0 Å². The van der Waals surface area contributed by atoms with Crippen molar-refractivity contribution in [3.8, 4) is 0 Å². The van der Waals surface area contributed by atoms with Gasteiger partial charge in [-0.3, -0.25) is 4.79 Å². The van der Waals surface area contributed by atoms with Gasteiger partial charge in [-0.2, -0.15) is 4.31 Å². The molecule has 0 spiro atoms. The van der Waals surface area contributed by atoms with Crippen LogP contribution in [0.1, 0.15) is 52.5 Å². The summed E-state index contributed by atoms with van der Waals surface area (Å²) < 4.78 is 46.5. The lowest BCUT2D eigenvalue weighted by Gasteiger charge is -2.32. The Morgan fingerprint density at radius 1 is 1.16 bits per heavy atom. The average molecular weight is 449 g/mol. The van der Waals surface area contributed by atoms with Crippen LogP contribution < -0.4 is 5.32 Å². The summed E-state index contributed by atoms with van der Waals surface area (Å²) in [6, 6.07) is 7.68. The zero-order valence-electron chi connectivity index (χ0n) is 17.6. The lowest BCUT2D eigenvalue weighted by atomic mass is 10.1. The van der Waals surface area contributed by atoms with Gasteiger partial charge in [-0.25, -0.2) is 17.6 Å². The van der Waals surface area contributed by atoms with Crippen molar-refractivity contribution in [1.82, 2.24) is 4.31 Å². The van der Waals surface area contributed by atoms with Crippen LogP contribution in [0.15, 0.2) is 41.3 Å². The van der Waals surface area contributed by atoms with Gasteiger partial charge in [0.1, 0.15) is 5.82 Å². The molecule has 1 aliphatic rings. The van der Waals surface area contributed by atoms with Crippen LogP contribution in [0, 0.1) is 12.7 Å². The van der Waals surface area contributed by atoms with Gasteiger partial charge < -0.3 is 10.1 Å². The Bertz CT molecular complexity index is 1120. The third-order valence-corrected chi connectivity index (χ3v) is 7.45. The van der Waals surface area contributed by atoms with E-state index in [4.69, 9.17) is 0 Å². The minimum absolute atomic E-state index is 0.0146. The maximum atomic E-state index is 14.2. The van der Waals surface area contributed by atoms with Crippen LogP contribution in [0.25, 0.3) is 0 Å². The van der Waals surface area contributed by atoms with E-state index in [1.165, 1.54) is 35.7 Å². The molecule has 0 saturated carbocycles. The Morgan fingerprint density at radius 3 is 2.58 bits per heavy atom. The van der Waals surface area contributed by atoms with E-state index in [0.29, 0.717) is 12.1 Å². The summed E-state index contributed by atoms with van der Waals surface area (Å²) in [6.07, 6.45) is 2.55. The smallest absolute Gasteiger partial charge is 0.337 e. The predicted molar refractivity (Wildman–Crippen MR) is 114 cm³/mol. The van der Waals surface area contributed by atoms with Gasteiger partial charge in [0.2, 0.25) is 10.0 Å². The summed E-state index contributed by atoms with van der Waals surface area (Å²) in [6.45, 7) is 3.97. The van der Waals surface area contributed by atoms with Crippen molar-refractivity contribution in [3.63, 3.8) is 0 Å². The second kappa shape index (κ2) is 9.15. The zero-order valence-corrected chi connectivity index (χ0v) is 18.5. The van der Waals surface area contributed by atoms with E-state index in [0.717, 1.165) is 25.3 Å². The monoisotopic (exact) mass is 448 g/mol. The van der Waals surface area contributed by atoms with Gasteiger partial charge in [0.25, 0.3) is 5.91 Å². The molecule has 2 aromatic carbocycles. The first-order valence-corrected chi connectivity index (χ1v) is 11.4. The molecule has 1 amide bonds. The van der Waals surface area contributed by atoms with E-state index in [-0.39, 0.29) is 27.8 Å². The number of carbonyl (C=O) groups is 2. The summed E-state index contributed by atoms with van der Waals surface area (Å²) in [4.78, 5) is 24.6. The SMILES string of the molecule is COC(=O)c1ccc(F)c(NC(=O)c2cc(S(=O)(=O)N3CCCCC3C)ccc2C)c1. The van der Waals surface area contributed by atoms with Crippen molar-refractivity contribution in [2.45, 2.75) is 44.0 Å². The van der Waals surface area contributed by atoms with E-state index in [1.54, 1.807) is 13.0 Å². The molecule has 166 valence electrons. The molecule has 31 heavy (non-hydrogen) atoms. The number of rotatable bonds is 5. The molecule has 1 aliphatic heterocycles. The van der Waals surface area contributed by atoms with Crippen molar-refractivity contribution in [3.05, 3.63) is 58.9 Å². The van der Waals surface area contributed by atoms with Crippen LogP contribution >= 0.6 is 0 Å². The van der Waals surface area contributed by atoms with Gasteiger partial charge in [-0.1, -0.05) is 12.5 Å². The summed E-state index contributed by atoms with van der Waals surface area (Å²) in [5.41, 5.74) is 0.512. The number of methoxy groups -OCH3 is 1.